The van der Waals surface area contributed by atoms with Crippen molar-refractivity contribution < 1.29 is 92.1 Å². The number of carbonyl (C=O) groups is 2. The molecule has 0 heterocycles. The van der Waals surface area contributed by atoms with E-state index in [0.717, 1.165) is 0 Å². The average Bonchev–Trinajstić information content (AvgIpc) is 3.19. The van der Waals surface area contributed by atoms with Gasteiger partial charge in [0.25, 0.3) is 0 Å². The third kappa shape index (κ3) is 22.9. The number of halogens is 8. The van der Waals surface area contributed by atoms with Crippen molar-refractivity contribution in [3.05, 3.63) is 58.7 Å². The van der Waals surface area contributed by atoms with Gasteiger partial charge >= 0.3 is 11.9 Å². The number of carbonyl (C=O) groups excluding carboxylic acids is 2. The minimum Gasteiger partial charge on any atom is -0.420 e. The molecule has 0 aromatic heterocycles. The Labute approximate surface area is 320 Å². The Hall–Kier alpha value is -3.50. The number of benzene rings is 2. The Bertz CT molecular complexity index is 1220. The SMILES string of the molecule is CC.CC.O=C(CCOCCOCCOCCOCCOCCOCCOCCOCCC(=O)Oc1c(F)c(F)cc(F)c1F)Oc1c(F)c(F)cc(F)c1F. The molecule has 2 aromatic rings. The third-order valence-electron chi connectivity index (χ3n) is 6.08. The summed E-state index contributed by atoms with van der Waals surface area (Å²) in [5.41, 5.74) is 0. The average molecular weight is 827 g/mol. The van der Waals surface area contributed by atoms with Gasteiger partial charge < -0.3 is 47.4 Å². The van der Waals surface area contributed by atoms with Crippen molar-refractivity contribution in [3.8, 4) is 11.5 Å². The van der Waals surface area contributed by atoms with Crippen LogP contribution >= 0.6 is 0 Å². The Morgan fingerprint density at radius 3 is 0.732 bits per heavy atom. The van der Waals surface area contributed by atoms with Gasteiger partial charge in [0.1, 0.15) is 0 Å². The van der Waals surface area contributed by atoms with Crippen LogP contribution in [0.1, 0.15) is 40.5 Å². The highest BCUT2D eigenvalue weighted by Gasteiger charge is 2.24. The van der Waals surface area contributed by atoms with E-state index in [9.17, 15) is 44.7 Å². The monoisotopic (exact) mass is 826 g/mol. The molecule has 2 rings (SSSR count). The number of hydrogen-bond donors (Lipinski definition) is 0. The van der Waals surface area contributed by atoms with Gasteiger partial charge in [0, 0.05) is 12.1 Å². The highest BCUT2D eigenvalue weighted by Crippen LogP contribution is 2.27. The maximum Gasteiger partial charge on any atom is 0.313 e. The first kappa shape index (κ1) is 52.5. The van der Waals surface area contributed by atoms with Crippen LogP contribution in [-0.4, -0.2) is 118 Å². The molecule has 0 radical (unpaired) electrons. The van der Waals surface area contributed by atoms with Crippen molar-refractivity contribution in [2.75, 3.05) is 106 Å². The third-order valence-corrected chi connectivity index (χ3v) is 6.08. The second-order valence-corrected chi connectivity index (χ2v) is 9.94. The van der Waals surface area contributed by atoms with Crippen molar-refractivity contribution in [1.82, 2.24) is 0 Å². The molecule has 2 aromatic carbocycles. The van der Waals surface area contributed by atoms with E-state index in [4.69, 9.17) is 37.9 Å². The van der Waals surface area contributed by atoms with Gasteiger partial charge in [0.05, 0.1) is 119 Å². The Morgan fingerprint density at radius 1 is 0.357 bits per heavy atom. The molecule has 0 amide bonds. The van der Waals surface area contributed by atoms with Gasteiger partial charge in [-0.05, 0) is 0 Å². The first-order valence-corrected chi connectivity index (χ1v) is 17.7. The van der Waals surface area contributed by atoms with Crippen molar-refractivity contribution in [1.29, 1.82) is 0 Å². The lowest BCUT2D eigenvalue weighted by Crippen LogP contribution is -2.16. The van der Waals surface area contributed by atoms with E-state index in [2.05, 4.69) is 9.47 Å². The van der Waals surface area contributed by atoms with Crippen molar-refractivity contribution in [2.45, 2.75) is 40.5 Å². The molecule has 0 bridgehead atoms. The van der Waals surface area contributed by atoms with Crippen LogP contribution in [-0.2, 0) is 47.5 Å². The van der Waals surface area contributed by atoms with E-state index in [1.165, 1.54) is 0 Å². The highest BCUT2D eigenvalue weighted by atomic mass is 19.2. The van der Waals surface area contributed by atoms with Crippen molar-refractivity contribution in [3.63, 3.8) is 0 Å². The van der Waals surface area contributed by atoms with Gasteiger partial charge in [-0.3, -0.25) is 9.59 Å². The summed E-state index contributed by atoms with van der Waals surface area (Å²) in [6.45, 7) is 11.2. The number of ether oxygens (including phenoxy) is 10. The van der Waals surface area contributed by atoms with Gasteiger partial charge in [-0.25, -0.2) is 17.6 Å². The number of esters is 2. The molecule has 0 fully saturated rings. The molecular weight excluding hydrogens is 776 g/mol. The van der Waals surface area contributed by atoms with Gasteiger partial charge in [-0.1, -0.05) is 27.7 Å². The minimum absolute atomic E-state index is 0.000886. The lowest BCUT2D eigenvalue weighted by atomic mass is 10.3. The van der Waals surface area contributed by atoms with Gasteiger partial charge in [-0.2, -0.15) is 17.6 Å². The summed E-state index contributed by atoms with van der Waals surface area (Å²) in [5, 5.41) is 0. The maximum atomic E-state index is 13.5. The standard InChI is InChI=1S/C32H38F8O12.2C2H6/c33-21-19-22(34)28(38)31(27(21)37)51-25(41)1-3-43-5-7-45-9-11-47-13-15-49-17-18-50-16-14-48-12-10-46-8-6-44-4-2-26(42)52-32-29(39)23(35)20-24(36)30(32)40;2*1-2/h19-20H,1-18H2;2*1-2H3. The van der Waals surface area contributed by atoms with E-state index in [-0.39, 0.29) is 78.2 Å². The molecule has 12 nitrogen and oxygen atoms in total. The lowest BCUT2D eigenvalue weighted by molar-refractivity contribution is -0.137. The fourth-order valence-electron chi connectivity index (χ4n) is 3.56. The smallest absolute Gasteiger partial charge is 0.313 e. The Morgan fingerprint density at radius 2 is 0.536 bits per heavy atom. The topological polar surface area (TPSA) is 126 Å². The number of hydrogen-bond acceptors (Lipinski definition) is 12. The molecule has 20 heteroatoms. The number of rotatable bonds is 29. The summed E-state index contributed by atoms with van der Waals surface area (Å²) in [6.07, 6.45) is -0.843. The van der Waals surface area contributed by atoms with Crippen LogP contribution in [0.25, 0.3) is 0 Å². The van der Waals surface area contributed by atoms with Crippen LogP contribution in [0.2, 0.25) is 0 Å². The largest absolute Gasteiger partial charge is 0.420 e. The molecule has 56 heavy (non-hydrogen) atoms. The zero-order chi connectivity index (χ0) is 42.1. The molecule has 0 unspecified atom stereocenters. The molecule has 0 aliphatic carbocycles. The highest BCUT2D eigenvalue weighted by molar-refractivity contribution is 5.73. The first-order valence-electron chi connectivity index (χ1n) is 17.7. The maximum absolute atomic E-state index is 13.5. The van der Waals surface area contributed by atoms with E-state index in [1.54, 1.807) is 0 Å². The molecule has 0 aliphatic rings. The van der Waals surface area contributed by atoms with Crippen LogP contribution in [0.15, 0.2) is 12.1 Å². The summed E-state index contributed by atoms with van der Waals surface area (Å²) < 4.78 is 158. The molecule has 0 saturated heterocycles. The van der Waals surface area contributed by atoms with E-state index >= 15 is 0 Å². The molecule has 0 aliphatic heterocycles. The molecule has 0 spiro atoms. The Kier molecular flexibility index (Phi) is 31.5. The van der Waals surface area contributed by atoms with Crippen molar-refractivity contribution in [2.24, 2.45) is 0 Å². The summed E-state index contributed by atoms with van der Waals surface area (Å²) in [7, 11) is 0. The van der Waals surface area contributed by atoms with Gasteiger partial charge in [0.2, 0.25) is 34.8 Å². The van der Waals surface area contributed by atoms with E-state index in [0.29, 0.717) is 39.6 Å². The predicted molar refractivity (Wildman–Crippen MR) is 182 cm³/mol. The molecule has 0 N–H and O–H groups in total. The van der Waals surface area contributed by atoms with E-state index in [1.807, 2.05) is 27.7 Å². The molecule has 0 atom stereocenters. The zero-order valence-corrected chi connectivity index (χ0v) is 31.8. The second kappa shape index (κ2) is 33.6. The summed E-state index contributed by atoms with van der Waals surface area (Å²) in [4.78, 5) is 23.3. The molecule has 322 valence electrons. The minimum atomic E-state index is -1.82. The summed E-state index contributed by atoms with van der Waals surface area (Å²) in [5.74, 6) is -19.2. The van der Waals surface area contributed by atoms with Crippen LogP contribution in [0.3, 0.4) is 0 Å². The summed E-state index contributed by atoms with van der Waals surface area (Å²) in [6, 6.07) is -0.00177. The van der Waals surface area contributed by atoms with Crippen LogP contribution in [0, 0.1) is 46.5 Å². The molecular formula is C36H50F8O12. The first-order chi connectivity index (χ1) is 27.0. The fourth-order valence-corrected chi connectivity index (χ4v) is 3.56. The van der Waals surface area contributed by atoms with Gasteiger partial charge in [-0.15, -0.1) is 0 Å². The van der Waals surface area contributed by atoms with Crippen LogP contribution < -0.4 is 9.47 Å². The van der Waals surface area contributed by atoms with E-state index < -0.39 is 82.8 Å². The Balaban J connectivity index is 0.00000731. The molecule has 0 saturated carbocycles. The van der Waals surface area contributed by atoms with Gasteiger partial charge in [0.15, 0.2) is 23.3 Å². The lowest BCUT2D eigenvalue weighted by Gasteiger charge is -2.09. The summed E-state index contributed by atoms with van der Waals surface area (Å²) >= 11 is 0. The fraction of sp³-hybridized carbons (Fsp3) is 0.611. The van der Waals surface area contributed by atoms with Crippen molar-refractivity contribution >= 4 is 11.9 Å². The zero-order valence-electron chi connectivity index (χ0n) is 31.8. The second-order valence-electron chi connectivity index (χ2n) is 9.94. The van der Waals surface area contributed by atoms with Crippen LogP contribution in [0.4, 0.5) is 35.1 Å². The predicted octanol–water partition coefficient (Wildman–Crippen LogP) is 6.28. The van der Waals surface area contributed by atoms with Crippen LogP contribution in [0.5, 0.6) is 11.5 Å². The normalized spacial score (nSPS) is 10.7. The quantitative estimate of drug-likeness (QED) is 0.0302.